The van der Waals surface area contributed by atoms with E-state index < -0.39 is 0 Å². The van der Waals surface area contributed by atoms with Crippen LogP contribution in [0.25, 0.3) is 0 Å². The van der Waals surface area contributed by atoms with Gasteiger partial charge in [-0.25, -0.2) is 5.43 Å². The molecule has 2 aromatic carbocycles. The van der Waals surface area contributed by atoms with Crippen molar-refractivity contribution in [1.29, 1.82) is 0 Å². The van der Waals surface area contributed by atoms with Crippen LogP contribution in [0.3, 0.4) is 0 Å². The average Bonchev–Trinajstić information content (AvgIpc) is 2.52. The van der Waals surface area contributed by atoms with Gasteiger partial charge in [0.1, 0.15) is 5.75 Å². The first-order chi connectivity index (χ1) is 10.6. The zero-order chi connectivity index (χ0) is 15.9. The highest BCUT2D eigenvalue weighted by Gasteiger charge is 2.07. The molecule has 0 aromatic heterocycles. The van der Waals surface area contributed by atoms with Gasteiger partial charge in [0.2, 0.25) is 0 Å². The summed E-state index contributed by atoms with van der Waals surface area (Å²) in [6.45, 7) is 2.46. The van der Waals surface area contributed by atoms with Crippen LogP contribution in [-0.2, 0) is 0 Å². The first kappa shape index (κ1) is 16.3. The minimum absolute atomic E-state index is 0.319. The van der Waals surface area contributed by atoms with Crippen molar-refractivity contribution in [2.24, 2.45) is 5.10 Å². The normalized spacial score (nSPS) is 10.7. The Labute approximate surface area is 138 Å². The first-order valence-corrected chi connectivity index (χ1v) is 7.37. The van der Waals surface area contributed by atoms with Crippen molar-refractivity contribution in [3.05, 3.63) is 63.6 Å². The molecule has 0 saturated heterocycles. The number of rotatable bonds is 5. The second-order valence-electron chi connectivity index (χ2n) is 4.30. The van der Waals surface area contributed by atoms with E-state index in [-0.39, 0.29) is 5.91 Å². The number of carbonyl (C=O) groups is 1. The fourth-order valence-electron chi connectivity index (χ4n) is 1.74. The average molecular weight is 337 g/mol. The number of nitrogens with zero attached hydrogens (tertiary/aromatic N) is 1. The molecule has 0 radical (unpaired) electrons. The largest absolute Gasteiger partial charge is 0.493 e. The number of nitrogens with one attached hydrogen (secondary N) is 1. The summed E-state index contributed by atoms with van der Waals surface area (Å²) in [5.41, 5.74) is 3.59. The van der Waals surface area contributed by atoms with Gasteiger partial charge in [-0.05, 0) is 37.3 Å². The van der Waals surface area contributed by atoms with Crippen LogP contribution in [0.2, 0.25) is 10.0 Å². The number of carbonyl (C=O) groups excluding carboxylic acids is 1. The van der Waals surface area contributed by atoms with Gasteiger partial charge in [-0.15, -0.1) is 0 Å². The Bertz CT molecular complexity index is 702. The quantitative estimate of drug-likeness (QED) is 0.658. The van der Waals surface area contributed by atoms with Crippen molar-refractivity contribution in [1.82, 2.24) is 5.43 Å². The molecule has 0 unspecified atom stereocenters. The van der Waals surface area contributed by atoms with Gasteiger partial charge in [-0.1, -0.05) is 35.3 Å². The molecule has 0 fully saturated rings. The van der Waals surface area contributed by atoms with E-state index in [1.807, 2.05) is 31.2 Å². The fraction of sp³-hybridized carbons (Fsp3) is 0.125. The summed E-state index contributed by atoms with van der Waals surface area (Å²) in [5, 5.41) is 4.65. The molecule has 1 N–H and O–H groups in total. The maximum atomic E-state index is 12.0. The van der Waals surface area contributed by atoms with Gasteiger partial charge in [0, 0.05) is 11.1 Å². The number of para-hydroxylation sites is 1. The lowest BCUT2D eigenvalue weighted by Crippen LogP contribution is -2.17. The Kier molecular flexibility index (Phi) is 5.81. The summed E-state index contributed by atoms with van der Waals surface area (Å²) in [5.74, 6) is 0.334. The zero-order valence-corrected chi connectivity index (χ0v) is 13.4. The Morgan fingerprint density at radius 1 is 1.23 bits per heavy atom. The van der Waals surface area contributed by atoms with Crippen LogP contribution in [0.4, 0.5) is 0 Å². The molecule has 2 aromatic rings. The molecule has 22 heavy (non-hydrogen) atoms. The van der Waals surface area contributed by atoms with Crippen LogP contribution in [0, 0.1) is 0 Å². The van der Waals surface area contributed by atoms with E-state index in [2.05, 4.69) is 10.5 Å². The first-order valence-electron chi connectivity index (χ1n) is 6.62. The molecule has 4 nitrogen and oxygen atoms in total. The monoisotopic (exact) mass is 336 g/mol. The maximum absolute atomic E-state index is 12.0. The maximum Gasteiger partial charge on any atom is 0.271 e. The smallest absolute Gasteiger partial charge is 0.271 e. The van der Waals surface area contributed by atoms with Gasteiger partial charge >= 0.3 is 0 Å². The molecule has 0 heterocycles. The molecular formula is C16H14Cl2N2O2. The predicted octanol–water partition coefficient (Wildman–Crippen LogP) is 4.16. The van der Waals surface area contributed by atoms with Gasteiger partial charge < -0.3 is 4.74 Å². The van der Waals surface area contributed by atoms with Crippen molar-refractivity contribution >= 4 is 35.3 Å². The van der Waals surface area contributed by atoms with E-state index in [1.165, 1.54) is 12.3 Å². The van der Waals surface area contributed by atoms with Gasteiger partial charge in [0.05, 0.1) is 22.9 Å². The lowest BCUT2D eigenvalue weighted by molar-refractivity contribution is 0.0955. The topological polar surface area (TPSA) is 50.7 Å². The van der Waals surface area contributed by atoms with Gasteiger partial charge in [0.15, 0.2) is 0 Å². The third kappa shape index (κ3) is 4.23. The summed E-state index contributed by atoms with van der Waals surface area (Å²) in [4.78, 5) is 12.0. The van der Waals surface area contributed by atoms with Crippen molar-refractivity contribution in [3.63, 3.8) is 0 Å². The van der Waals surface area contributed by atoms with E-state index >= 15 is 0 Å². The molecular weight excluding hydrogens is 323 g/mol. The van der Waals surface area contributed by atoms with Crippen molar-refractivity contribution in [3.8, 4) is 5.75 Å². The fourth-order valence-corrected chi connectivity index (χ4v) is 2.03. The van der Waals surface area contributed by atoms with Gasteiger partial charge in [0.25, 0.3) is 5.91 Å². The van der Waals surface area contributed by atoms with Crippen molar-refractivity contribution in [2.45, 2.75) is 6.92 Å². The summed E-state index contributed by atoms with van der Waals surface area (Å²) >= 11 is 11.7. The SMILES string of the molecule is CCOc1ccccc1C=NNC(=O)c1ccc(Cl)c(Cl)c1. The second-order valence-corrected chi connectivity index (χ2v) is 5.11. The number of amides is 1. The number of hydrazone groups is 1. The Morgan fingerprint density at radius 3 is 2.73 bits per heavy atom. The molecule has 2 rings (SSSR count). The number of halogens is 2. The third-order valence-electron chi connectivity index (χ3n) is 2.77. The number of ether oxygens (including phenoxy) is 1. The Balaban J connectivity index is 2.06. The summed E-state index contributed by atoms with van der Waals surface area (Å²) < 4.78 is 5.47. The van der Waals surface area contributed by atoms with Crippen molar-refractivity contribution in [2.75, 3.05) is 6.61 Å². The lowest BCUT2D eigenvalue weighted by atomic mass is 10.2. The molecule has 0 aliphatic rings. The molecule has 0 saturated carbocycles. The molecule has 0 aliphatic heterocycles. The number of benzene rings is 2. The second kappa shape index (κ2) is 7.82. The molecule has 0 aliphatic carbocycles. The van der Waals surface area contributed by atoms with Crippen LogP contribution in [0.1, 0.15) is 22.8 Å². The molecule has 0 atom stereocenters. The highest BCUT2D eigenvalue weighted by atomic mass is 35.5. The molecule has 0 spiro atoms. The molecule has 1 amide bonds. The van der Waals surface area contributed by atoms with Crippen molar-refractivity contribution < 1.29 is 9.53 Å². The number of hydrogen-bond acceptors (Lipinski definition) is 3. The molecule has 114 valence electrons. The number of hydrogen-bond donors (Lipinski definition) is 1. The van der Waals surface area contributed by atoms with E-state index in [4.69, 9.17) is 27.9 Å². The Hall–Kier alpha value is -2.04. The van der Waals surface area contributed by atoms with Crippen LogP contribution < -0.4 is 10.2 Å². The predicted molar refractivity (Wildman–Crippen MR) is 89.1 cm³/mol. The van der Waals surface area contributed by atoms with Gasteiger partial charge in [-0.2, -0.15) is 5.10 Å². The molecule has 0 bridgehead atoms. The summed E-state index contributed by atoms with van der Waals surface area (Å²) in [7, 11) is 0. The minimum atomic E-state index is -0.372. The van der Waals surface area contributed by atoms with Crippen LogP contribution in [-0.4, -0.2) is 18.7 Å². The summed E-state index contributed by atoms with van der Waals surface area (Å²) in [6, 6.07) is 12.1. The van der Waals surface area contributed by atoms with E-state index in [0.717, 1.165) is 5.56 Å². The standard InChI is InChI=1S/C16H14Cl2N2O2/c1-2-22-15-6-4-3-5-12(15)10-19-20-16(21)11-7-8-13(17)14(18)9-11/h3-10H,2H2,1H3,(H,20,21). The Morgan fingerprint density at radius 2 is 2.00 bits per heavy atom. The van der Waals surface area contributed by atoms with E-state index in [1.54, 1.807) is 12.1 Å². The molecule has 6 heteroatoms. The highest BCUT2D eigenvalue weighted by molar-refractivity contribution is 6.42. The van der Waals surface area contributed by atoms with Crippen LogP contribution in [0.5, 0.6) is 5.75 Å². The van der Waals surface area contributed by atoms with E-state index in [9.17, 15) is 4.79 Å². The van der Waals surface area contributed by atoms with Crippen LogP contribution in [0.15, 0.2) is 47.6 Å². The third-order valence-corrected chi connectivity index (χ3v) is 3.51. The highest BCUT2D eigenvalue weighted by Crippen LogP contribution is 2.22. The summed E-state index contributed by atoms with van der Waals surface area (Å²) in [6.07, 6.45) is 1.53. The van der Waals surface area contributed by atoms with E-state index in [0.29, 0.717) is 28.0 Å². The van der Waals surface area contributed by atoms with Gasteiger partial charge in [-0.3, -0.25) is 4.79 Å². The zero-order valence-electron chi connectivity index (χ0n) is 11.8. The minimum Gasteiger partial charge on any atom is -0.493 e. The van der Waals surface area contributed by atoms with Crippen LogP contribution >= 0.6 is 23.2 Å². The lowest BCUT2D eigenvalue weighted by Gasteiger charge is -2.06.